The van der Waals surface area contributed by atoms with Gasteiger partial charge in [0.1, 0.15) is 0 Å². The molecule has 5 rings (SSSR count). The Bertz CT molecular complexity index is 357. The summed E-state index contributed by atoms with van der Waals surface area (Å²) >= 11 is 1.97. The van der Waals surface area contributed by atoms with Crippen LogP contribution < -0.4 is 10.6 Å². The zero-order valence-corrected chi connectivity index (χ0v) is 13.0. The van der Waals surface area contributed by atoms with Gasteiger partial charge in [0, 0.05) is 36.1 Å². The number of thioether (sulfide) groups is 1. The van der Waals surface area contributed by atoms with Gasteiger partial charge in [-0.3, -0.25) is 4.79 Å². The molecule has 3 nitrogen and oxygen atoms in total. The molecule has 1 heterocycles. The van der Waals surface area contributed by atoms with E-state index in [2.05, 4.69) is 10.6 Å². The van der Waals surface area contributed by atoms with Crippen LogP contribution in [0.15, 0.2) is 0 Å². The Morgan fingerprint density at radius 1 is 1.15 bits per heavy atom. The SMILES string of the molecule is O=C(CC1CSCCN1)NC12CC3CC(CC(C3)C1)C2. The molecule has 1 saturated heterocycles. The van der Waals surface area contributed by atoms with Crippen molar-refractivity contribution in [3.05, 3.63) is 0 Å². The molecule has 0 spiro atoms. The van der Waals surface area contributed by atoms with Gasteiger partial charge in [0.2, 0.25) is 5.91 Å². The fourth-order valence-corrected chi connectivity index (χ4v) is 6.53. The Kier molecular flexibility index (Phi) is 3.50. The summed E-state index contributed by atoms with van der Waals surface area (Å²) in [5, 5.41) is 6.96. The average Bonchev–Trinajstić information content (AvgIpc) is 2.37. The van der Waals surface area contributed by atoms with Gasteiger partial charge in [0.25, 0.3) is 0 Å². The number of carbonyl (C=O) groups is 1. The second kappa shape index (κ2) is 5.20. The molecule has 1 unspecified atom stereocenters. The number of carbonyl (C=O) groups excluding carboxylic acids is 1. The number of rotatable bonds is 3. The van der Waals surface area contributed by atoms with Crippen LogP contribution >= 0.6 is 11.8 Å². The maximum Gasteiger partial charge on any atom is 0.222 e. The molecule has 1 atom stereocenters. The maximum atomic E-state index is 12.4. The van der Waals surface area contributed by atoms with E-state index in [0.717, 1.165) is 30.1 Å². The van der Waals surface area contributed by atoms with Gasteiger partial charge in [-0.25, -0.2) is 0 Å². The summed E-state index contributed by atoms with van der Waals surface area (Å²) in [7, 11) is 0. The summed E-state index contributed by atoms with van der Waals surface area (Å²) < 4.78 is 0. The first-order valence-corrected chi connectivity index (χ1v) is 9.48. The van der Waals surface area contributed by atoms with Crippen molar-refractivity contribution in [1.82, 2.24) is 10.6 Å². The summed E-state index contributed by atoms with van der Waals surface area (Å²) in [5.74, 6) is 5.30. The molecule has 20 heavy (non-hydrogen) atoms. The zero-order chi connectivity index (χ0) is 13.6. The van der Waals surface area contributed by atoms with Gasteiger partial charge >= 0.3 is 0 Å². The van der Waals surface area contributed by atoms with E-state index in [-0.39, 0.29) is 5.54 Å². The van der Waals surface area contributed by atoms with Crippen LogP contribution in [0.5, 0.6) is 0 Å². The standard InChI is InChI=1S/C16H26N2OS/c19-15(6-14-10-20-2-1-17-14)18-16-7-11-3-12(8-16)5-13(4-11)9-16/h11-14,17H,1-10H2,(H,18,19). The zero-order valence-electron chi connectivity index (χ0n) is 12.2. The lowest BCUT2D eigenvalue weighted by molar-refractivity contribution is -0.127. The van der Waals surface area contributed by atoms with Gasteiger partial charge in [-0.15, -0.1) is 0 Å². The first-order chi connectivity index (χ1) is 9.71. The monoisotopic (exact) mass is 294 g/mol. The van der Waals surface area contributed by atoms with E-state index in [0.29, 0.717) is 18.4 Å². The second-order valence-electron chi connectivity index (χ2n) is 7.68. The molecular weight excluding hydrogens is 268 g/mol. The van der Waals surface area contributed by atoms with Crippen molar-refractivity contribution in [3.63, 3.8) is 0 Å². The van der Waals surface area contributed by atoms with Gasteiger partial charge in [0.05, 0.1) is 0 Å². The van der Waals surface area contributed by atoms with E-state index in [1.165, 1.54) is 44.3 Å². The van der Waals surface area contributed by atoms with Gasteiger partial charge in [-0.1, -0.05) is 0 Å². The molecule has 4 bridgehead atoms. The molecule has 1 aliphatic heterocycles. The van der Waals surface area contributed by atoms with Crippen LogP contribution in [-0.2, 0) is 4.79 Å². The Labute approximate surface area is 126 Å². The minimum Gasteiger partial charge on any atom is -0.351 e. The third-order valence-electron chi connectivity index (χ3n) is 5.87. The maximum absolute atomic E-state index is 12.4. The molecule has 0 radical (unpaired) electrons. The average molecular weight is 294 g/mol. The summed E-state index contributed by atoms with van der Waals surface area (Å²) in [6.45, 7) is 1.06. The highest BCUT2D eigenvalue weighted by atomic mass is 32.2. The fourth-order valence-electron chi connectivity index (χ4n) is 5.59. The van der Waals surface area contributed by atoms with E-state index in [1.807, 2.05) is 11.8 Å². The smallest absolute Gasteiger partial charge is 0.222 e. The number of hydrogen-bond acceptors (Lipinski definition) is 3. The third-order valence-corrected chi connectivity index (χ3v) is 7.00. The van der Waals surface area contributed by atoms with Gasteiger partial charge in [-0.05, 0) is 56.3 Å². The van der Waals surface area contributed by atoms with Crippen LogP contribution in [0.25, 0.3) is 0 Å². The predicted molar refractivity (Wildman–Crippen MR) is 82.8 cm³/mol. The Balaban J connectivity index is 1.37. The van der Waals surface area contributed by atoms with Gasteiger partial charge in [0.15, 0.2) is 0 Å². The van der Waals surface area contributed by atoms with Crippen molar-refractivity contribution in [2.24, 2.45) is 17.8 Å². The molecule has 2 N–H and O–H groups in total. The minimum atomic E-state index is 0.188. The van der Waals surface area contributed by atoms with Crippen LogP contribution in [0.2, 0.25) is 0 Å². The number of hydrogen-bond donors (Lipinski definition) is 2. The lowest BCUT2D eigenvalue weighted by atomic mass is 9.53. The van der Waals surface area contributed by atoms with E-state index >= 15 is 0 Å². The van der Waals surface area contributed by atoms with E-state index in [4.69, 9.17) is 0 Å². The van der Waals surface area contributed by atoms with E-state index in [1.54, 1.807) is 0 Å². The van der Waals surface area contributed by atoms with E-state index < -0.39 is 0 Å². The predicted octanol–water partition coefficient (Wildman–Crippen LogP) is 2.17. The second-order valence-corrected chi connectivity index (χ2v) is 8.83. The van der Waals surface area contributed by atoms with Crippen molar-refractivity contribution >= 4 is 17.7 Å². The number of nitrogens with one attached hydrogen (secondary N) is 2. The molecule has 0 aromatic carbocycles. The Morgan fingerprint density at radius 3 is 2.35 bits per heavy atom. The molecule has 5 aliphatic rings. The summed E-state index contributed by atoms with van der Waals surface area (Å²) in [5.41, 5.74) is 0.188. The van der Waals surface area contributed by atoms with Crippen LogP contribution in [-0.4, -0.2) is 35.5 Å². The quantitative estimate of drug-likeness (QED) is 0.838. The Hall–Kier alpha value is -0.220. The summed E-state index contributed by atoms with van der Waals surface area (Å²) in [6, 6.07) is 0.391. The summed E-state index contributed by atoms with van der Waals surface area (Å²) in [6.07, 6.45) is 8.78. The van der Waals surface area contributed by atoms with Crippen LogP contribution in [0, 0.1) is 17.8 Å². The van der Waals surface area contributed by atoms with Gasteiger partial charge < -0.3 is 10.6 Å². The number of amides is 1. The van der Waals surface area contributed by atoms with Crippen molar-refractivity contribution in [2.45, 2.75) is 56.5 Å². The lowest BCUT2D eigenvalue weighted by Crippen LogP contribution is -2.60. The molecule has 112 valence electrons. The molecule has 1 amide bonds. The molecule has 0 aromatic heterocycles. The molecule has 4 saturated carbocycles. The fraction of sp³-hybridized carbons (Fsp3) is 0.938. The Morgan fingerprint density at radius 2 is 1.80 bits per heavy atom. The molecule has 0 aromatic rings. The molecule has 5 fully saturated rings. The highest BCUT2D eigenvalue weighted by Crippen LogP contribution is 2.55. The highest BCUT2D eigenvalue weighted by molar-refractivity contribution is 7.99. The normalized spacial score (nSPS) is 46.4. The summed E-state index contributed by atoms with van der Waals surface area (Å²) in [4.78, 5) is 12.4. The topological polar surface area (TPSA) is 41.1 Å². The first kappa shape index (κ1) is 13.4. The molecular formula is C16H26N2OS. The molecule has 4 aliphatic carbocycles. The minimum absolute atomic E-state index is 0.188. The van der Waals surface area contributed by atoms with Crippen LogP contribution in [0.1, 0.15) is 44.9 Å². The van der Waals surface area contributed by atoms with E-state index in [9.17, 15) is 4.79 Å². The van der Waals surface area contributed by atoms with Crippen molar-refractivity contribution in [1.29, 1.82) is 0 Å². The van der Waals surface area contributed by atoms with Crippen molar-refractivity contribution < 1.29 is 4.79 Å². The lowest BCUT2D eigenvalue weighted by Gasteiger charge is -2.57. The van der Waals surface area contributed by atoms with Crippen molar-refractivity contribution in [3.8, 4) is 0 Å². The third kappa shape index (κ3) is 2.61. The highest BCUT2D eigenvalue weighted by Gasteiger charge is 2.51. The van der Waals surface area contributed by atoms with Crippen LogP contribution in [0.4, 0.5) is 0 Å². The van der Waals surface area contributed by atoms with Gasteiger partial charge in [-0.2, -0.15) is 11.8 Å². The van der Waals surface area contributed by atoms with Crippen LogP contribution in [0.3, 0.4) is 0 Å². The first-order valence-electron chi connectivity index (χ1n) is 8.33. The molecule has 4 heteroatoms. The van der Waals surface area contributed by atoms with Crippen molar-refractivity contribution in [2.75, 3.05) is 18.1 Å². The largest absolute Gasteiger partial charge is 0.351 e.